The largest absolute Gasteiger partial charge is 0.339 e. The number of hydrogen-bond acceptors (Lipinski definition) is 4. The van der Waals surface area contributed by atoms with E-state index in [1.807, 2.05) is 7.05 Å². The second-order valence-electron chi connectivity index (χ2n) is 5.60. The minimum Gasteiger partial charge on any atom is -0.339 e. The second-order valence-corrected chi connectivity index (χ2v) is 5.60. The molecule has 2 N–H and O–H groups in total. The Bertz CT molecular complexity index is 365. The lowest BCUT2D eigenvalue weighted by Crippen LogP contribution is -2.41. The van der Waals surface area contributed by atoms with Crippen LogP contribution >= 0.6 is 0 Å². The molecular weight excluding hydrogens is 226 g/mol. The van der Waals surface area contributed by atoms with Crippen molar-refractivity contribution in [3.05, 3.63) is 5.82 Å². The maximum absolute atomic E-state index is 4.64. The van der Waals surface area contributed by atoms with Crippen molar-refractivity contribution in [1.82, 2.24) is 20.5 Å². The van der Waals surface area contributed by atoms with Gasteiger partial charge in [-0.2, -0.15) is 4.98 Å². The van der Waals surface area contributed by atoms with Crippen LogP contribution in [0, 0.1) is 5.92 Å². The fourth-order valence-corrected chi connectivity index (χ4v) is 2.29. The number of piperidine rings is 1. The van der Waals surface area contributed by atoms with Crippen LogP contribution in [0.4, 0.5) is 5.95 Å². The molecule has 0 aliphatic carbocycles. The van der Waals surface area contributed by atoms with Gasteiger partial charge in [0.05, 0.1) is 0 Å². The number of rotatable bonds is 4. The van der Waals surface area contributed by atoms with Crippen LogP contribution in [-0.4, -0.2) is 41.4 Å². The van der Waals surface area contributed by atoms with Gasteiger partial charge in [0.15, 0.2) is 0 Å². The summed E-state index contributed by atoms with van der Waals surface area (Å²) >= 11 is 0. The summed E-state index contributed by atoms with van der Waals surface area (Å²) in [5, 5.41) is 10.8. The van der Waals surface area contributed by atoms with Crippen molar-refractivity contribution in [2.24, 2.45) is 5.92 Å². The van der Waals surface area contributed by atoms with E-state index in [9.17, 15) is 0 Å². The zero-order chi connectivity index (χ0) is 13.1. The first-order valence-electron chi connectivity index (χ1n) is 6.96. The van der Waals surface area contributed by atoms with Crippen molar-refractivity contribution < 1.29 is 0 Å². The molecule has 0 spiro atoms. The van der Waals surface area contributed by atoms with Crippen molar-refractivity contribution in [3.63, 3.8) is 0 Å². The van der Waals surface area contributed by atoms with Gasteiger partial charge in [-0.25, -0.2) is 0 Å². The monoisotopic (exact) mass is 251 g/mol. The molecule has 1 aliphatic rings. The van der Waals surface area contributed by atoms with Crippen LogP contribution in [0.2, 0.25) is 0 Å². The number of hydrogen-bond donors (Lipinski definition) is 2. The van der Waals surface area contributed by atoms with Crippen LogP contribution in [-0.2, 0) is 0 Å². The fourth-order valence-electron chi connectivity index (χ4n) is 2.29. The molecule has 0 bridgehead atoms. The summed E-state index contributed by atoms with van der Waals surface area (Å²) in [5.74, 6) is 2.89. The summed E-state index contributed by atoms with van der Waals surface area (Å²) < 4.78 is 0. The number of nitrogens with zero attached hydrogens (tertiary/aromatic N) is 3. The molecule has 18 heavy (non-hydrogen) atoms. The predicted molar refractivity (Wildman–Crippen MR) is 73.9 cm³/mol. The Morgan fingerprint density at radius 2 is 1.94 bits per heavy atom. The first-order valence-corrected chi connectivity index (χ1v) is 6.96. The van der Waals surface area contributed by atoms with Crippen molar-refractivity contribution in [1.29, 1.82) is 0 Å². The summed E-state index contributed by atoms with van der Waals surface area (Å²) in [6.07, 6.45) is 2.33. The summed E-state index contributed by atoms with van der Waals surface area (Å²) in [7, 11) is 2.04. The number of anilines is 1. The molecule has 0 saturated carbocycles. The molecule has 0 amide bonds. The molecule has 1 aromatic rings. The molecule has 102 valence electrons. The van der Waals surface area contributed by atoms with Crippen LogP contribution in [0.5, 0.6) is 0 Å². The number of aromatic nitrogens is 3. The van der Waals surface area contributed by atoms with Gasteiger partial charge in [0, 0.05) is 25.0 Å². The third-order valence-corrected chi connectivity index (χ3v) is 4.11. The maximum atomic E-state index is 4.64. The second kappa shape index (κ2) is 5.69. The Morgan fingerprint density at radius 1 is 1.28 bits per heavy atom. The molecule has 2 rings (SSSR count). The molecule has 1 aliphatic heterocycles. The van der Waals surface area contributed by atoms with E-state index >= 15 is 0 Å². The maximum Gasteiger partial charge on any atom is 0.244 e. The highest BCUT2D eigenvalue weighted by molar-refractivity contribution is 5.30. The van der Waals surface area contributed by atoms with Gasteiger partial charge in [-0.05, 0) is 25.8 Å². The topological polar surface area (TPSA) is 56.8 Å². The number of aromatic amines is 1. The Labute approximate surface area is 109 Å². The smallest absolute Gasteiger partial charge is 0.244 e. The highest BCUT2D eigenvalue weighted by Gasteiger charge is 2.22. The highest BCUT2D eigenvalue weighted by atomic mass is 15.4. The Morgan fingerprint density at radius 3 is 2.50 bits per heavy atom. The molecule has 1 atom stereocenters. The van der Waals surface area contributed by atoms with Gasteiger partial charge in [-0.1, -0.05) is 20.8 Å². The zero-order valence-corrected chi connectivity index (χ0v) is 11.9. The molecule has 1 fully saturated rings. The quantitative estimate of drug-likeness (QED) is 0.856. The normalized spacial score (nSPS) is 19.5. The molecule has 1 saturated heterocycles. The van der Waals surface area contributed by atoms with E-state index in [0.29, 0.717) is 17.9 Å². The lowest BCUT2D eigenvalue weighted by molar-refractivity contribution is 0.439. The van der Waals surface area contributed by atoms with Crippen molar-refractivity contribution in [3.8, 4) is 0 Å². The van der Waals surface area contributed by atoms with Crippen LogP contribution in [0.1, 0.15) is 45.4 Å². The standard InChI is InChI=1S/C13H25N5/c1-9(2)10(3)12-15-13(17-16-12)18-7-5-11(14-4)6-8-18/h9-11,14H,5-8H2,1-4H3,(H,15,16,17). The van der Waals surface area contributed by atoms with Gasteiger partial charge in [-0.3, -0.25) is 5.10 Å². The molecule has 1 unspecified atom stereocenters. The molecule has 0 radical (unpaired) electrons. The van der Waals surface area contributed by atoms with Gasteiger partial charge < -0.3 is 10.2 Å². The van der Waals surface area contributed by atoms with Gasteiger partial charge >= 0.3 is 0 Å². The van der Waals surface area contributed by atoms with E-state index in [0.717, 1.165) is 24.9 Å². The van der Waals surface area contributed by atoms with Gasteiger partial charge in [0.2, 0.25) is 5.95 Å². The predicted octanol–water partition coefficient (Wildman–Crippen LogP) is 1.75. The summed E-state index contributed by atoms with van der Waals surface area (Å²) in [6, 6.07) is 0.647. The third-order valence-electron chi connectivity index (χ3n) is 4.11. The molecule has 2 heterocycles. The minimum absolute atomic E-state index is 0.432. The van der Waals surface area contributed by atoms with Crippen molar-refractivity contribution >= 4 is 5.95 Å². The summed E-state index contributed by atoms with van der Waals surface area (Å²) in [6.45, 7) is 8.70. The fraction of sp³-hybridized carbons (Fsp3) is 0.846. The van der Waals surface area contributed by atoms with E-state index in [4.69, 9.17) is 0 Å². The van der Waals surface area contributed by atoms with E-state index in [1.54, 1.807) is 0 Å². The van der Waals surface area contributed by atoms with E-state index in [-0.39, 0.29) is 0 Å². The number of nitrogens with one attached hydrogen (secondary N) is 2. The Balaban J connectivity index is 1.98. The van der Waals surface area contributed by atoms with Gasteiger partial charge in [0.1, 0.15) is 5.82 Å². The van der Waals surface area contributed by atoms with Gasteiger partial charge in [-0.15, -0.1) is 5.10 Å². The first kappa shape index (κ1) is 13.3. The van der Waals surface area contributed by atoms with Crippen molar-refractivity contribution in [2.75, 3.05) is 25.0 Å². The molecule has 5 heteroatoms. The number of H-pyrrole nitrogens is 1. The van der Waals surface area contributed by atoms with Crippen LogP contribution < -0.4 is 10.2 Å². The molecule has 5 nitrogen and oxygen atoms in total. The lowest BCUT2D eigenvalue weighted by Gasteiger charge is -2.30. The average molecular weight is 251 g/mol. The molecule has 1 aromatic heterocycles. The minimum atomic E-state index is 0.432. The zero-order valence-electron chi connectivity index (χ0n) is 11.9. The van der Waals surface area contributed by atoms with Gasteiger partial charge in [0.25, 0.3) is 0 Å². The molecular formula is C13H25N5. The first-order chi connectivity index (χ1) is 8.61. The Hall–Kier alpha value is -1.10. The van der Waals surface area contributed by atoms with Crippen LogP contribution in [0.15, 0.2) is 0 Å². The molecule has 0 aromatic carbocycles. The van der Waals surface area contributed by atoms with E-state index in [2.05, 4.69) is 46.2 Å². The SMILES string of the molecule is CNC1CCN(c2n[nH]c(C(C)C(C)C)n2)CC1. The van der Waals surface area contributed by atoms with Crippen LogP contribution in [0.3, 0.4) is 0 Å². The lowest BCUT2D eigenvalue weighted by atomic mass is 9.98. The van der Waals surface area contributed by atoms with Crippen LogP contribution in [0.25, 0.3) is 0 Å². The highest BCUT2D eigenvalue weighted by Crippen LogP contribution is 2.23. The average Bonchev–Trinajstić information content (AvgIpc) is 2.87. The summed E-state index contributed by atoms with van der Waals surface area (Å²) in [4.78, 5) is 6.92. The van der Waals surface area contributed by atoms with E-state index in [1.165, 1.54) is 12.8 Å². The third kappa shape index (κ3) is 2.83. The van der Waals surface area contributed by atoms with Crippen molar-refractivity contribution in [2.45, 2.75) is 45.6 Å². The Kier molecular flexibility index (Phi) is 4.22. The summed E-state index contributed by atoms with van der Waals surface area (Å²) in [5.41, 5.74) is 0. The van der Waals surface area contributed by atoms with E-state index < -0.39 is 0 Å².